The minimum Gasteiger partial charge on any atom is -0.481 e. The second-order valence-corrected chi connectivity index (χ2v) is 3.14. The molecule has 0 amide bonds. The Bertz CT molecular complexity index is 147. The van der Waals surface area contributed by atoms with Crippen molar-refractivity contribution < 1.29 is 9.90 Å². The number of hydrogen-bond acceptors (Lipinski definition) is 2. The Labute approximate surface area is 66.8 Å². The molecule has 2 N–H and O–H groups in total. The van der Waals surface area contributed by atoms with E-state index in [9.17, 15) is 4.79 Å². The Kier molecular flexibility index (Phi) is 2.88. The molecule has 1 aliphatic rings. The van der Waals surface area contributed by atoms with E-state index < -0.39 is 5.97 Å². The molecule has 0 aromatic carbocycles. The van der Waals surface area contributed by atoms with E-state index in [1.165, 1.54) is 0 Å². The highest BCUT2D eigenvalue weighted by atomic mass is 16.4. The van der Waals surface area contributed by atoms with Crippen LogP contribution in [0.1, 0.15) is 19.8 Å². The molecule has 2 unspecified atom stereocenters. The molecular formula is C8H15NO2. The first kappa shape index (κ1) is 8.53. The summed E-state index contributed by atoms with van der Waals surface area (Å²) in [5, 5.41) is 11.8. The summed E-state index contributed by atoms with van der Waals surface area (Å²) in [4.78, 5) is 10.4. The molecule has 0 aromatic heterocycles. The van der Waals surface area contributed by atoms with Crippen LogP contribution in [0.2, 0.25) is 0 Å². The fraction of sp³-hybridized carbons (Fsp3) is 0.875. The molecule has 1 rings (SSSR count). The van der Waals surface area contributed by atoms with Gasteiger partial charge in [-0.3, -0.25) is 4.79 Å². The molecule has 1 aliphatic carbocycles. The van der Waals surface area contributed by atoms with E-state index in [0.29, 0.717) is 5.92 Å². The van der Waals surface area contributed by atoms with Gasteiger partial charge in [-0.2, -0.15) is 0 Å². The first-order chi connectivity index (χ1) is 5.25. The Morgan fingerprint density at radius 2 is 2.45 bits per heavy atom. The average Bonchev–Trinajstić information content (AvgIpc) is 2.68. The van der Waals surface area contributed by atoms with Crippen molar-refractivity contribution in [3.8, 4) is 0 Å². The zero-order valence-electron chi connectivity index (χ0n) is 6.84. The fourth-order valence-electron chi connectivity index (χ4n) is 1.24. The Balaban J connectivity index is 2.00. The first-order valence-corrected chi connectivity index (χ1v) is 4.19. The van der Waals surface area contributed by atoms with Gasteiger partial charge in [-0.25, -0.2) is 0 Å². The van der Waals surface area contributed by atoms with Gasteiger partial charge in [-0.05, 0) is 31.8 Å². The first-order valence-electron chi connectivity index (χ1n) is 4.19. The third-order valence-electron chi connectivity index (χ3n) is 2.07. The van der Waals surface area contributed by atoms with Gasteiger partial charge in [-0.1, -0.05) is 6.92 Å². The highest BCUT2D eigenvalue weighted by Crippen LogP contribution is 2.37. The van der Waals surface area contributed by atoms with E-state index >= 15 is 0 Å². The molecule has 0 spiro atoms. The monoisotopic (exact) mass is 157 g/mol. The lowest BCUT2D eigenvalue weighted by atomic mass is 10.3. The zero-order chi connectivity index (χ0) is 8.27. The summed E-state index contributed by atoms with van der Waals surface area (Å²) in [6.07, 6.45) is 1.98. The summed E-state index contributed by atoms with van der Waals surface area (Å²) in [5.41, 5.74) is 0. The standard InChI is InChI=1S/C8H15NO2/c1-2-3-9-5-6-4-7(6)8(10)11/h6-7,9H,2-5H2,1H3,(H,10,11). The van der Waals surface area contributed by atoms with E-state index in [-0.39, 0.29) is 5.92 Å². The van der Waals surface area contributed by atoms with Gasteiger partial charge in [0, 0.05) is 0 Å². The van der Waals surface area contributed by atoms with Crippen LogP contribution in [-0.2, 0) is 4.79 Å². The van der Waals surface area contributed by atoms with Crippen molar-refractivity contribution in [2.45, 2.75) is 19.8 Å². The number of rotatable bonds is 5. The van der Waals surface area contributed by atoms with E-state index in [1.807, 2.05) is 0 Å². The van der Waals surface area contributed by atoms with E-state index in [1.54, 1.807) is 0 Å². The van der Waals surface area contributed by atoms with Crippen LogP contribution in [-0.4, -0.2) is 24.2 Å². The van der Waals surface area contributed by atoms with Crippen LogP contribution in [0.3, 0.4) is 0 Å². The minimum atomic E-state index is -0.631. The van der Waals surface area contributed by atoms with Crippen molar-refractivity contribution >= 4 is 5.97 Å². The zero-order valence-corrected chi connectivity index (χ0v) is 6.84. The molecule has 1 fully saturated rings. The van der Waals surface area contributed by atoms with E-state index in [2.05, 4.69) is 12.2 Å². The van der Waals surface area contributed by atoms with Crippen molar-refractivity contribution in [3.05, 3.63) is 0 Å². The van der Waals surface area contributed by atoms with Crippen molar-refractivity contribution in [2.75, 3.05) is 13.1 Å². The topological polar surface area (TPSA) is 49.3 Å². The lowest BCUT2D eigenvalue weighted by Crippen LogP contribution is -2.19. The van der Waals surface area contributed by atoms with Crippen molar-refractivity contribution in [1.29, 1.82) is 0 Å². The third-order valence-corrected chi connectivity index (χ3v) is 2.07. The van der Waals surface area contributed by atoms with Gasteiger partial charge < -0.3 is 10.4 Å². The van der Waals surface area contributed by atoms with Crippen LogP contribution in [0.25, 0.3) is 0 Å². The molecule has 3 nitrogen and oxygen atoms in total. The maximum absolute atomic E-state index is 10.4. The third kappa shape index (κ3) is 2.50. The summed E-state index contributed by atoms with van der Waals surface area (Å²) < 4.78 is 0. The molecule has 11 heavy (non-hydrogen) atoms. The van der Waals surface area contributed by atoms with Gasteiger partial charge in [0.15, 0.2) is 0 Å². The lowest BCUT2D eigenvalue weighted by molar-refractivity contribution is -0.138. The molecule has 0 aromatic rings. The number of aliphatic carboxylic acids is 1. The number of carbonyl (C=O) groups is 1. The van der Waals surface area contributed by atoms with Crippen molar-refractivity contribution in [3.63, 3.8) is 0 Å². The predicted molar refractivity (Wildman–Crippen MR) is 42.4 cm³/mol. The molecule has 3 heteroatoms. The maximum Gasteiger partial charge on any atom is 0.306 e. The average molecular weight is 157 g/mol. The van der Waals surface area contributed by atoms with E-state index in [4.69, 9.17) is 5.11 Å². The second kappa shape index (κ2) is 3.72. The van der Waals surface area contributed by atoms with Gasteiger partial charge in [0.05, 0.1) is 5.92 Å². The van der Waals surface area contributed by atoms with Crippen LogP contribution in [0, 0.1) is 11.8 Å². The summed E-state index contributed by atoms with van der Waals surface area (Å²) >= 11 is 0. The Hall–Kier alpha value is -0.570. The molecular weight excluding hydrogens is 142 g/mol. The number of hydrogen-bond donors (Lipinski definition) is 2. The van der Waals surface area contributed by atoms with Gasteiger partial charge in [-0.15, -0.1) is 0 Å². The molecule has 0 heterocycles. The molecule has 0 radical (unpaired) electrons. The van der Waals surface area contributed by atoms with Gasteiger partial charge in [0.25, 0.3) is 0 Å². The largest absolute Gasteiger partial charge is 0.481 e. The summed E-state index contributed by atoms with van der Waals surface area (Å²) in [5.74, 6) is -0.285. The van der Waals surface area contributed by atoms with Crippen LogP contribution in [0.4, 0.5) is 0 Å². The minimum absolute atomic E-state index is 0.0562. The summed E-state index contributed by atoms with van der Waals surface area (Å²) in [7, 11) is 0. The molecule has 2 atom stereocenters. The van der Waals surface area contributed by atoms with Crippen molar-refractivity contribution in [2.24, 2.45) is 11.8 Å². The van der Waals surface area contributed by atoms with Crippen LogP contribution >= 0.6 is 0 Å². The lowest BCUT2D eigenvalue weighted by Gasteiger charge is -1.99. The number of carboxylic acids is 1. The molecule has 0 bridgehead atoms. The Morgan fingerprint density at radius 1 is 1.73 bits per heavy atom. The quantitative estimate of drug-likeness (QED) is 0.578. The van der Waals surface area contributed by atoms with Gasteiger partial charge >= 0.3 is 5.97 Å². The highest BCUT2D eigenvalue weighted by molar-refractivity contribution is 5.73. The van der Waals surface area contributed by atoms with Crippen LogP contribution in [0.15, 0.2) is 0 Å². The summed E-state index contributed by atoms with van der Waals surface area (Å²) in [6, 6.07) is 0. The van der Waals surface area contributed by atoms with Gasteiger partial charge in [0.2, 0.25) is 0 Å². The predicted octanol–water partition coefficient (Wildman–Crippen LogP) is 0.707. The Morgan fingerprint density at radius 3 is 2.91 bits per heavy atom. The van der Waals surface area contributed by atoms with E-state index in [0.717, 1.165) is 25.9 Å². The van der Waals surface area contributed by atoms with Crippen LogP contribution in [0.5, 0.6) is 0 Å². The molecule has 64 valence electrons. The summed E-state index contributed by atoms with van der Waals surface area (Å²) in [6.45, 7) is 3.99. The molecule has 0 aliphatic heterocycles. The smallest absolute Gasteiger partial charge is 0.306 e. The maximum atomic E-state index is 10.4. The SMILES string of the molecule is CCCNCC1CC1C(=O)O. The van der Waals surface area contributed by atoms with Gasteiger partial charge in [0.1, 0.15) is 0 Å². The molecule has 0 saturated heterocycles. The normalized spacial score (nSPS) is 28.5. The van der Waals surface area contributed by atoms with Crippen LogP contribution < -0.4 is 5.32 Å². The fourth-order valence-corrected chi connectivity index (χ4v) is 1.24. The molecule has 1 saturated carbocycles. The number of carboxylic acid groups (broad SMARTS) is 1. The van der Waals surface area contributed by atoms with Crippen molar-refractivity contribution in [1.82, 2.24) is 5.32 Å². The number of nitrogens with one attached hydrogen (secondary N) is 1. The second-order valence-electron chi connectivity index (χ2n) is 3.14. The highest BCUT2D eigenvalue weighted by Gasteiger charge is 2.42.